The van der Waals surface area contributed by atoms with Crippen LogP contribution in [0.4, 0.5) is 5.69 Å². The molecule has 15 heavy (non-hydrogen) atoms. The quantitative estimate of drug-likeness (QED) is 0.817. The summed E-state index contributed by atoms with van der Waals surface area (Å²) in [7, 11) is 0. The van der Waals surface area contributed by atoms with Gasteiger partial charge in [-0.25, -0.2) is 0 Å². The minimum absolute atomic E-state index is 0.112. The van der Waals surface area contributed by atoms with Gasteiger partial charge in [-0.1, -0.05) is 36.6 Å². The van der Waals surface area contributed by atoms with Crippen molar-refractivity contribution < 1.29 is 4.79 Å². The Bertz CT molecular complexity index is 358. The molecular formula is C12H14ClNO. The van der Waals surface area contributed by atoms with Crippen LogP contribution in [0.2, 0.25) is 5.02 Å². The van der Waals surface area contributed by atoms with Crippen molar-refractivity contribution in [3.05, 3.63) is 29.3 Å². The van der Waals surface area contributed by atoms with E-state index < -0.39 is 0 Å². The van der Waals surface area contributed by atoms with Gasteiger partial charge in [0.05, 0.1) is 10.7 Å². The van der Waals surface area contributed by atoms with Crippen molar-refractivity contribution in [2.75, 3.05) is 5.32 Å². The van der Waals surface area contributed by atoms with Crippen LogP contribution in [0.15, 0.2) is 24.3 Å². The minimum atomic E-state index is 0.112. The number of anilines is 1. The van der Waals surface area contributed by atoms with Gasteiger partial charge in [-0.3, -0.25) is 4.79 Å². The van der Waals surface area contributed by atoms with E-state index >= 15 is 0 Å². The smallest absolute Gasteiger partial charge is 0.227 e. The fourth-order valence-electron chi connectivity index (χ4n) is 1.99. The Morgan fingerprint density at radius 2 is 1.93 bits per heavy atom. The molecule has 80 valence electrons. The summed E-state index contributed by atoms with van der Waals surface area (Å²) in [5.41, 5.74) is 0.719. The molecule has 0 saturated heterocycles. The molecule has 2 rings (SSSR count). The fourth-order valence-corrected chi connectivity index (χ4v) is 2.17. The maximum Gasteiger partial charge on any atom is 0.227 e. The summed E-state index contributed by atoms with van der Waals surface area (Å²) in [6.45, 7) is 0. The zero-order valence-electron chi connectivity index (χ0n) is 8.50. The van der Waals surface area contributed by atoms with Crippen molar-refractivity contribution in [3.63, 3.8) is 0 Å². The van der Waals surface area contributed by atoms with E-state index in [1.807, 2.05) is 18.2 Å². The second kappa shape index (κ2) is 4.67. The topological polar surface area (TPSA) is 29.1 Å². The lowest BCUT2D eigenvalue weighted by Gasteiger charge is -2.11. The summed E-state index contributed by atoms with van der Waals surface area (Å²) in [5.74, 6) is 0.293. The van der Waals surface area contributed by atoms with Gasteiger partial charge in [0.1, 0.15) is 0 Å². The van der Waals surface area contributed by atoms with Crippen LogP contribution in [0.3, 0.4) is 0 Å². The number of hydrogen-bond acceptors (Lipinski definition) is 1. The zero-order valence-corrected chi connectivity index (χ0v) is 9.26. The van der Waals surface area contributed by atoms with E-state index in [4.69, 9.17) is 11.6 Å². The number of hydrogen-bond donors (Lipinski definition) is 1. The van der Waals surface area contributed by atoms with Gasteiger partial charge in [0.25, 0.3) is 0 Å². The average Bonchev–Trinajstić information content (AvgIpc) is 2.74. The molecule has 1 amide bonds. The Balaban J connectivity index is 2.02. The van der Waals surface area contributed by atoms with E-state index in [0.29, 0.717) is 5.02 Å². The lowest BCUT2D eigenvalue weighted by atomic mass is 10.1. The summed E-state index contributed by atoms with van der Waals surface area (Å²) in [5, 5.41) is 3.48. The number of rotatable bonds is 2. The molecule has 0 radical (unpaired) electrons. The molecular weight excluding hydrogens is 210 g/mol. The lowest BCUT2D eigenvalue weighted by molar-refractivity contribution is -0.119. The third kappa shape index (κ3) is 2.51. The van der Waals surface area contributed by atoms with E-state index in [1.54, 1.807) is 6.07 Å². The van der Waals surface area contributed by atoms with Gasteiger partial charge >= 0.3 is 0 Å². The lowest BCUT2D eigenvalue weighted by Crippen LogP contribution is -2.20. The largest absolute Gasteiger partial charge is 0.325 e. The van der Waals surface area contributed by atoms with Gasteiger partial charge in [0.15, 0.2) is 0 Å². The number of benzene rings is 1. The average molecular weight is 224 g/mol. The summed E-state index contributed by atoms with van der Waals surface area (Å²) in [4.78, 5) is 11.8. The van der Waals surface area contributed by atoms with Gasteiger partial charge in [-0.05, 0) is 25.0 Å². The molecule has 0 unspecified atom stereocenters. The van der Waals surface area contributed by atoms with Crippen molar-refractivity contribution in [3.8, 4) is 0 Å². The van der Waals surface area contributed by atoms with Crippen LogP contribution >= 0.6 is 11.6 Å². The van der Waals surface area contributed by atoms with Crippen LogP contribution < -0.4 is 5.32 Å². The highest BCUT2D eigenvalue weighted by molar-refractivity contribution is 6.33. The van der Waals surface area contributed by atoms with Crippen molar-refractivity contribution in [2.45, 2.75) is 25.7 Å². The Kier molecular flexibility index (Phi) is 3.27. The van der Waals surface area contributed by atoms with Crippen LogP contribution in [0.25, 0.3) is 0 Å². The molecule has 0 bridgehead atoms. The maximum atomic E-state index is 11.8. The predicted molar refractivity (Wildman–Crippen MR) is 62.0 cm³/mol. The Morgan fingerprint density at radius 1 is 1.27 bits per heavy atom. The summed E-state index contributed by atoms with van der Waals surface area (Å²) in [6.07, 6.45) is 4.35. The number of carbonyl (C=O) groups is 1. The van der Waals surface area contributed by atoms with Crippen LogP contribution in [0, 0.1) is 5.92 Å². The van der Waals surface area contributed by atoms with Gasteiger partial charge in [-0.2, -0.15) is 0 Å². The molecule has 1 aromatic carbocycles. The summed E-state index contributed by atoms with van der Waals surface area (Å²) < 4.78 is 0. The monoisotopic (exact) mass is 223 g/mol. The first-order valence-corrected chi connectivity index (χ1v) is 5.70. The normalized spacial score (nSPS) is 16.6. The van der Waals surface area contributed by atoms with Gasteiger partial charge in [0.2, 0.25) is 5.91 Å². The predicted octanol–water partition coefficient (Wildman–Crippen LogP) is 3.47. The van der Waals surface area contributed by atoms with Gasteiger partial charge in [0, 0.05) is 5.92 Å². The van der Waals surface area contributed by atoms with Crippen LogP contribution in [-0.4, -0.2) is 5.91 Å². The number of halogens is 1. The van der Waals surface area contributed by atoms with E-state index in [1.165, 1.54) is 12.8 Å². The first-order chi connectivity index (χ1) is 7.27. The van der Waals surface area contributed by atoms with Crippen molar-refractivity contribution in [1.82, 2.24) is 0 Å². The molecule has 2 nitrogen and oxygen atoms in total. The zero-order chi connectivity index (χ0) is 10.7. The molecule has 1 aliphatic rings. The fraction of sp³-hybridized carbons (Fsp3) is 0.417. The standard InChI is InChI=1S/C12H14ClNO/c13-10-7-3-4-8-11(10)14-12(15)9-5-1-2-6-9/h3-4,7-9H,1-2,5-6H2,(H,14,15). The van der Waals surface area contributed by atoms with E-state index in [0.717, 1.165) is 18.5 Å². The van der Waals surface area contributed by atoms with Crippen LogP contribution in [-0.2, 0) is 4.79 Å². The first-order valence-electron chi connectivity index (χ1n) is 5.33. The number of amides is 1. The Morgan fingerprint density at radius 3 is 2.60 bits per heavy atom. The molecule has 3 heteroatoms. The second-order valence-corrected chi connectivity index (χ2v) is 4.36. The number of carbonyl (C=O) groups excluding carboxylic acids is 1. The SMILES string of the molecule is O=C(Nc1ccccc1Cl)C1CCCC1. The highest BCUT2D eigenvalue weighted by Crippen LogP contribution is 2.27. The molecule has 0 heterocycles. The van der Waals surface area contributed by atoms with Crippen molar-refractivity contribution >= 4 is 23.2 Å². The number of para-hydroxylation sites is 1. The molecule has 0 spiro atoms. The molecule has 1 aliphatic carbocycles. The highest BCUT2D eigenvalue weighted by Gasteiger charge is 2.22. The van der Waals surface area contributed by atoms with E-state index in [-0.39, 0.29) is 11.8 Å². The van der Waals surface area contributed by atoms with E-state index in [9.17, 15) is 4.79 Å². The Labute approximate surface area is 94.6 Å². The van der Waals surface area contributed by atoms with Crippen molar-refractivity contribution in [2.24, 2.45) is 5.92 Å². The third-order valence-electron chi connectivity index (χ3n) is 2.86. The summed E-state index contributed by atoms with van der Waals surface area (Å²) in [6, 6.07) is 7.34. The van der Waals surface area contributed by atoms with Crippen molar-refractivity contribution in [1.29, 1.82) is 0 Å². The molecule has 0 atom stereocenters. The molecule has 0 aliphatic heterocycles. The third-order valence-corrected chi connectivity index (χ3v) is 3.19. The summed E-state index contributed by atoms with van der Waals surface area (Å²) >= 11 is 5.96. The molecule has 1 saturated carbocycles. The maximum absolute atomic E-state index is 11.8. The second-order valence-electron chi connectivity index (χ2n) is 3.95. The van der Waals surface area contributed by atoms with Gasteiger partial charge in [-0.15, -0.1) is 0 Å². The van der Waals surface area contributed by atoms with Crippen LogP contribution in [0.1, 0.15) is 25.7 Å². The Hall–Kier alpha value is -1.02. The molecule has 1 fully saturated rings. The molecule has 1 aromatic rings. The molecule has 0 aromatic heterocycles. The minimum Gasteiger partial charge on any atom is -0.325 e. The number of nitrogens with one attached hydrogen (secondary N) is 1. The van der Waals surface area contributed by atoms with Crippen LogP contribution in [0.5, 0.6) is 0 Å². The molecule has 1 N–H and O–H groups in total. The van der Waals surface area contributed by atoms with E-state index in [2.05, 4.69) is 5.32 Å². The van der Waals surface area contributed by atoms with Gasteiger partial charge < -0.3 is 5.32 Å². The first kappa shape index (κ1) is 10.5. The highest BCUT2D eigenvalue weighted by atomic mass is 35.5.